The first-order valence-corrected chi connectivity index (χ1v) is 6.67. The zero-order valence-electron chi connectivity index (χ0n) is 11.3. The number of rotatable bonds is 6. The van der Waals surface area contributed by atoms with Gasteiger partial charge in [-0.2, -0.15) is 0 Å². The van der Waals surface area contributed by atoms with Crippen LogP contribution in [0.2, 0.25) is 0 Å². The summed E-state index contributed by atoms with van der Waals surface area (Å²) in [6.07, 6.45) is 1.27. The number of benzene rings is 1. The minimum Gasteiger partial charge on any atom is -0.478 e. The minimum absolute atomic E-state index is 0.243. The molecular formula is C15H18N2O3. The molecule has 1 aromatic heterocycles. The summed E-state index contributed by atoms with van der Waals surface area (Å²) in [6, 6.07) is 8.47. The molecule has 2 aromatic rings. The van der Waals surface area contributed by atoms with E-state index < -0.39 is 12.1 Å². The van der Waals surface area contributed by atoms with Gasteiger partial charge in [0, 0.05) is 11.9 Å². The molecule has 20 heavy (non-hydrogen) atoms. The van der Waals surface area contributed by atoms with Crippen LogP contribution in [-0.4, -0.2) is 33.8 Å². The van der Waals surface area contributed by atoms with Crippen LogP contribution in [0.5, 0.6) is 0 Å². The van der Waals surface area contributed by atoms with Gasteiger partial charge in [0.2, 0.25) is 0 Å². The summed E-state index contributed by atoms with van der Waals surface area (Å²) >= 11 is 0. The van der Waals surface area contributed by atoms with Crippen LogP contribution in [-0.2, 0) is 0 Å². The van der Waals surface area contributed by atoms with Crippen molar-refractivity contribution in [3.63, 3.8) is 0 Å². The number of pyridine rings is 1. The highest BCUT2D eigenvalue weighted by Crippen LogP contribution is 2.19. The molecule has 0 radical (unpaired) electrons. The Balaban J connectivity index is 2.20. The molecule has 3 N–H and O–H groups in total. The fourth-order valence-electron chi connectivity index (χ4n) is 2.10. The van der Waals surface area contributed by atoms with Crippen molar-refractivity contribution in [1.82, 2.24) is 4.98 Å². The van der Waals surface area contributed by atoms with Crippen LogP contribution in [0.3, 0.4) is 0 Å². The van der Waals surface area contributed by atoms with E-state index in [1.807, 2.05) is 6.92 Å². The molecule has 0 aliphatic heterocycles. The summed E-state index contributed by atoms with van der Waals surface area (Å²) < 4.78 is 0. The van der Waals surface area contributed by atoms with Gasteiger partial charge in [-0.15, -0.1) is 0 Å². The lowest BCUT2D eigenvalue weighted by Crippen LogP contribution is -2.19. The number of carbonyl (C=O) groups is 1. The Bertz CT molecular complexity index is 613. The number of nitrogens with zero attached hydrogens (tertiary/aromatic N) is 1. The highest BCUT2D eigenvalue weighted by atomic mass is 16.4. The Morgan fingerprint density at radius 1 is 1.35 bits per heavy atom. The fraction of sp³-hybridized carbons (Fsp3) is 0.333. The predicted octanol–water partition coefficient (Wildman–Crippen LogP) is 2.51. The van der Waals surface area contributed by atoms with E-state index in [9.17, 15) is 9.90 Å². The standard InChI is InChI=1S/C15H18N2O3/c1-2-4-10(18)9-16-14-8-7-11-12(15(19)20)5-3-6-13(11)17-14/h3,5-8,10,18H,2,4,9H2,1H3,(H,16,17)(H,19,20). The van der Waals surface area contributed by atoms with Crippen LogP contribution in [0, 0.1) is 0 Å². The average Bonchev–Trinajstić information content (AvgIpc) is 2.44. The average molecular weight is 274 g/mol. The summed E-state index contributed by atoms with van der Waals surface area (Å²) in [7, 11) is 0. The van der Waals surface area contributed by atoms with Gasteiger partial charge in [0.25, 0.3) is 0 Å². The highest BCUT2D eigenvalue weighted by molar-refractivity contribution is 6.02. The molecule has 2 rings (SSSR count). The molecule has 1 unspecified atom stereocenters. The Morgan fingerprint density at radius 2 is 2.15 bits per heavy atom. The van der Waals surface area contributed by atoms with Gasteiger partial charge in [0.1, 0.15) is 5.82 Å². The summed E-state index contributed by atoms with van der Waals surface area (Å²) in [5.41, 5.74) is 0.868. The fourth-order valence-corrected chi connectivity index (χ4v) is 2.10. The Labute approximate surface area is 117 Å². The molecule has 5 heteroatoms. The van der Waals surface area contributed by atoms with Gasteiger partial charge in [0.05, 0.1) is 17.2 Å². The van der Waals surface area contributed by atoms with Crippen molar-refractivity contribution in [2.75, 3.05) is 11.9 Å². The Morgan fingerprint density at radius 3 is 2.85 bits per heavy atom. The molecule has 0 saturated carbocycles. The van der Waals surface area contributed by atoms with E-state index in [-0.39, 0.29) is 5.56 Å². The quantitative estimate of drug-likeness (QED) is 0.754. The summed E-state index contributed by atoms with van der Waals surface area (Å²) in [5, 5.41) is 22.5. The molecule has 1 atom stereocenters. The van der Waals surface area contributed by atoms with Crippen molar-refractivity contribution in [1.29, 1.82) is 0 Å². The van der Waals surface area contributed by atoms with Crippen molar-refractivity contribution >= 4 is 22.7 Å². The van der Waals surface area contributed by atoms with E-state index in [2.05, 4.69) is 10.3 Å². The molecule has 106 valence electrons. The van der Waals surface area contributed by atoms with Crippen molar-refractivity contribution in [3.8, 4) is 0 Å². The second kappa shape index (κ2) is 6.34. The van der Waals surface area contributed by atoms with Gasteiger partial charge >= 0.3 is 5.97 Å². The molecule has 0 bridgehead atoms. The third-order valence-electron chi connectivity index (χ3n) is 3.10. The first-order valence-electron chi connectivity index (χ1n) is 6.67. The maximum absolute atomic E-state index is 11.1. The van der Waals surface area contributed by atoms with Gasteiger partial charge in [-0.1, -0.05) is 19.4 Å². The zero-order valence-corrected chi connectivity index (χ0v) is 11.3. The van der Waals surface area contributed by atoms with Crippen LogP contribution in [0.15, 0.2) is 30.3 Å². The summed E-state index contributed by atoms with van der Waals surface area (Å²) in [5.74, 6) is -0.327. The van der Waals surface area contributed by atoms with E-state index in [0.29, 0.717) is 23.3 Å². The third-order valence-corrected chi connectivity index (χ3v) is 3.10. The molecule has 0 aliphatic carbocycles. The molecular weight excluding hydrogens is 256 g/mol. The largest absolute Gasteiger partial charge is 0.478 e. The minimum atomic E-state index is -0.962. The van der Waals surface area contributed by atoms with Crippen LogP contribution in [0.4, 0.5) is 5.82 Å². The second-order valence-corrected chi connectivity index (χ2v) is 4.70. The van der Waals surface area contributed by atoms with Gasteiger partial charge in [0.15, 0.2) is 0 Å². The maximum Gasteiger partial charge on any atom is 0.336 e. The normalized spacial score (nSPS) is 12.3. The molecule has 0 amide bonds. The van der Waals surface area contributed by atoms with Crippen molar-refractivity contribution < 1.29 is 15.0 Å². The van der Waals surface area contributed by atoms with Crippen LogP contribution < -0.4 is 5.32 Å². The Hall–Kier alpha value is -2.14. The van der Waals surface area contributed by atoms with Gasteiger partial charge in [-0.05, 0) is 30.7 Å². The third kappa shape index (κ3) is 3.24. The summed E-state index contributed by atoms with van der Waals surface area (Å²) in [4.78, 5) is 15.5. The molecule has 0 spiro atoms. The molecule has 1 aromatic carbocycles. The number of nitrogens with one attached hydrogen (secondary N) is 1. The number of aliphatic hydroxyl groups excluding tert-OH is 1. The number of aromatic carboxylic acids is 1. The van der Waals surface area contributed by atoms with E-state index >= 15 is 0 Å². The van der Waals surface area contributed by atoms with Gasteiger partial charge in [-0.3, -0.25) is 0 Å². The SMILES string of the molecule is CCCC(O)CNc1ccc2c(C(=O)O)cccc2n1. The predicted molar refractivity (Wildman–Crippen MR) is 78.1 cm³/mol. The van der Waals surface area contributed by atoms with Crippen molar-refractivity contribution in [2.45, 2.75) is 25.9 Å². The number of hydrogen-bond donors (Lipinski definition) is 3. The van der Waals surface area contributed by atoms with Crippen molar-refractivity contribution in [3.05, 3.63) is 35.9 Å². The molecule has 1 heterocycles. The Kier molecular flexibility index (Phi) is 4.53. The smallest absolute Gasteiger partial charge is 0.336 e. The van der Waals surface area contributed by atoms with E-state index in [4.69, 9.17) is 5.11 Å². The topological polar surface area (TPSA) is 82.5 Å². The van der Waals surface area contributed by atoms with E-state index in [1.165, 1.54) is 0 Å². The first-order chi connectivity index (χ1) is 9.61. The highest BCUT2D eigenvalue weighted by Gasteiger charge is 2.09. The number of carboxylic acid groups (broad SMARTS) is 1. The monoisotopic (exact) mass is 274 g/mol. The second-order valence-electron chi connectivity index (χ2n) is 4.70. The van der Waals surface area contributed by atoms with Crippen LogP contribution >= 0.6 is 0 Å². The van der Waals surface area contributed by atoms with E-state index in [0.717, 1.165) is 12.8 Å². The number of hydrogen-bond acceptors (Lipinski definition) is 4. The van der Waals surface area contributed by atoms with Gasteiger partial charge in [-0.25, -0.2) is 9.78 Å². The zero-order chi connectivity index (χ0) is 14.5. The van der Waals surface area contributed by atoms with Crippen molar-refractivity contribution in [2.24, 2.45) is 0 Å². The summed E-state index contributed by atoms with van der Waals surface area (Å²) in [6.45, 7) is 2.45. The van der Waals surface area contributed by atoms with Crippen LogP contribution in [0.25, 0.3) is 10.9 Å². The molecule has 0 aliphatic rings. The van der Waals surface area contributed by atoms with Gasteiger partial charge < -0.3 is 15.5 Å². The number of fused-ring (bicyclic) bond motifs is 1. The number of aromatic nitrogens is 1. The molecule has 5 nitrogen and oxygen atoms in total. The molecule has 0 saturated heterocycles. The molecule has 0 fully saturated rings. The van der Waals surface area contributed by atoms with E-state index in [1.54, 1.807) is 30.3 Å². The number of anilines is 1. The lowest BCUT2D eigenvalue weighted by molar-refractivity contribution is 0.0699. The number of aliphatic hydroxyl groups is 1. The lowest BCUT2D eigenvalue weighted by atomic mass is 10.1. The van der Waals surface area contributed by atoms with Crippen LogP contribution in [0.1, 0.15) is 30.1 Å². The maximum atomic E-state index is 11.1. The number of carboxylic acids is 1. The first kappa shape index (κ1) is 14.3. The lowest BCUT2D eigenvalue weighted by Gasteiger charge is -2.12.